The van der Waals surface area contributed by atoms with Gasteiger partial charge in [-0.3, -0.25) is 4.79 Å². The van der Waals surface area contributed by atoms with E-state index in [0.29, 0.717) is 36.5 Å². The highest BCUT2D eigenvalue weighted by atomic mass is 32.2. The monoisotopic (exact) mass is 509 g/mol. The molecule has 2 fully saturated rings. The first-order valence-corrected chi connectivity index (χ1v) is 13.4. The third kappa shape index (κ3) is 4.37. The van der Waals surface area contributed by atoms with Crippen LogP contribution >= 0.6 is 0 Å². The summed E-state index contributed by atoms with van der Waals surface area (Å²) in [4.78, 5) is 18.0. The summed E-state index contributed by atoms with van der Waals surface area (Å²) in [5.41, 5.74) is 1.16. The van der Waals surface area contributed by atoms with Gasteiger partial charge in [0.15, 0.2) is 11.6 Å². The molecule has 188 valence electrons. The van der Waals surface area contributed by atoms with E-state index in [2.05, 4.69) is 10.3 Å². The van der Waals surface area contributed by atoms with Crippen LogP contribution in [0.25, 0.3) is 11.3 Å². The van der Waals surface area contributed by atoms with Gasteiger partial charge in [-0.15, -0.1) is 0 Å². The van der Waals surface area contributed by atoms with Gasteiger partial charge in [-0.05, 0) is 74.6 Å². The minimum Gasteiger partial charge on any atom is -0.494 e. The molecule has 1 aliphatic carbocycles. The molecule has 1 aromatic heterocycles. The van der Waals surface area contributed by atoms with E-state index >= 15 is 0 Å². The Morgan fingerprint density at radius 2 is 1.89 bits per heavy atom. The number of benzene rings is 2. The van der Waals surface area contributed by atoms with E-state index in [1.54, 1.807) is 52.8 Å². The van der Waals surface area contributed by atoms with Crippen LogP contribution in [0.2, 0.25) is 0 Å². The van der Waals surface area contributed by atoms with Crippen molar-refractivity contribution in [2.45, 2.75) is 49.0 Å². The molecular weight excluding hydrogens is 481 g/mol. The first kappa shape index (κ1) is 24.4. The molecule has 9 heteroatoms. The van der Waals surface area contributed by atoms with Gasteiger partial charge in [-0.1, -0.05) is 24.3 Å². The first-order valence-electron chi connectivity index (χ1n) is 12.0. The predicted octanol–water partition coefficient (Wildman–Crippen LogP) is 4.74. The van der Waals surface area contributed by atoms with Crippen LogP contribution in [0.3, 0.4) is 0 Å². The minimum atomic E-state index is -3.53. The lowest BCUT2D eigenvalue weighted by molar-refractivity contribution is -0.118. The van der Waals surface area contributed by atoms with Gasteiger partial charge in [0.1, 0.15) is 5.82 Å². The molecular formula is C27H28FN3O4S. The Morgan fingerprint density at radius 1 is 1.14 bits per heavy atom. The largest absolute Gasteiger partial charge is 0.494 e. The highest BCUT2D eigenvalue weighted by molar-refractivity contribution is 7.89. The molecule has 1 saturated heterocycles. The molecule has 5 rings (SSSR count). The molecule has 1 aliphatic heterocycles. The van der Waals surface area contributed by atoms with Crippen LogP contribution in [0.1, 0.15) is 38.2 Å². The van der Waals surface area contributed by atoms with Crippen molar-refractivity contribution in [2.24, 2.45) is 0 Å². The molecule has 2 aliphatic rings. The number of nitrogens with zero attached hydrogens (tertiary/aromatic N) is 2. The minimum absolute atomic E-state index is 0.000745. The number of hydrogen-bond donors (Lipinski definition) is 1. The van der Waals surface area contributed by atoms with E-state index in [1.807, 2.05) is 6.92 Å². The summed E-state index contributed by atoms with van der Waals surface area (Å²) in [6.07, 6.45) is 2.98. The molecule has 0 radical (unpaired) electrons. The number of ether oxygens (including phenoxy) is 1. The van der Waals surface area contributed by atoms with E-state index in [-0.39, 0.29) is 22.6 Å². The van der Waals surface area contributed by atoms with E-state index in [1.165, 1.54) is 19.2 Å². The lowest BCUT2D eigenvalue weighted by Gasteiger charge is -2.21. The molecule has 0 unspecified atom stereocenters. The quantitative estimate of drug-likeness (QED) is 0.497. The number of hydrogen-bond acceptors (Lipinski definition) is 5. The zero-order valence-corrected chi connectivity index (χ0v) is 21.0. The summed E-state index contributed by atoms with van der Waals surface area (Å²) in [6.45, 7) is 2.47. The molecule has 2 heterocycles. The molecule has 1 atom stereocenters. The van der Waals surface area contributed by atoms with Crippen LogP contribution in [-0.2, 0) is 20.2 Å². The number of methoxy groups -OCH3 is 1. The van der Waals surface area contributed by atoms with Gasteiger partial charge in [-0.25, -0.2) is 17.8 Å². The maximum absolute atomic E-state index is 14.2. The zero-order chi connectivity index (χ0) is 25.5. The fourth-order valence-corrected chi connectivity index (χ4v) is 6.53. The van der Waals surface area contributed by atoms with E-state index in [0.717, 1.165) is 18.4 Å². The maximum atomic E-state index is 14.2. The smallest absolute Gasteiger partial charge is 0.243 e. The third-order valence-corrected chi connectivity index (χ3v) is 9.16. The van der Waals surface area contributed by atoms with E-state index in [4.69, 9.17) is 4.74 Å². The van der Waals surface area contributed by atoms with Crippen molar-refractivity contribution in [2.75, 3.05) is 19.0 Å². The molecule has 0 spiro atoms. The fourth-order valence-electron chi connectivity index (χ4n) is 4.83. The summed E-state index contributed by atoms with van der Waals surface area (Å²) in [5.74, 6) is -0.227. The number of pyridine rings is 1. The number of nitrogens with one attached hydrogen (secondary N) is 1. The predicted molar refractivity (Wildman–Crippen MR) is 135 cm³/mol. The average molecular weight is 510 g/mol. The number of anilines is 1. The molecule has 3 aromatic rings. The number of aromatic nitrogens is 1. The molecule has 1 N–H and O–H groups in total. The Bertz CT molecular complexity index is 1400. The van der Waals surface area contributed by atoms with Crippen molar-refractivity contribution in [3.8, 4) is 17.0 Å². The van der Waals surface area contributed by atoms with Crippen LogP contribution in [0, 0.1) is 5.82 Å². The topological polar surface area (TPSA) is 88.6 Å². The van der Waals surface area contributed by atoms with Gasteiger partial charge in [0.2, 0.25) is 15.9 Å². The van der Waals surface area contributed by atoms with Crippen LogP contribution in [0.5, 0.6) is 5.75 Å². The van der Waals surface area contributed by atoms with Crippen molar-refractivity contribution >= 4 is 21.7 Å². The number of amides is 1. The molecule has 2 aromatic carbocycles. The van der Waals surface area contributed by atoms with E-state index in [9.17, 15) is 17.6 Å². The zero-order valence-electron chi connectivity index (χ0n) is 20.2. The summed E-state index contributed by atoms with van der Waals surface area (Å²) in [5, 5.41) is 2.87. The number of carbonyl (C=O) groups excluding carboxylic acids is 1. The van der Waals surface area contributed by atoms with Gasteiger partial charge >= 0.3 is 0 Å². The second-order valence-corrected chi connectivity index (χ2v) is 11.3. The van der Waals surface area contributed by atoms with Gasteiger partial charge in [0, 0.05) is 18.2 Å². The summed E-state index contributed by atoms with van der Waals surface area (Å²) >= 11 is 0. The normalized spacial score (nSPS) is 19.1. The van der Waals surface area contributed by atoms with Crippen molar-refractivity contribution < 1.29 is 22.3 Å². The maximum Gasteiger partial charge on any atom is 0.243 e. The van der Waals surface area contributed by atoms with Gasteiger partial charge in [0.05, 0.1) is 23.1 Å². The van der Waals surface area contributed by atoms with E-state index < -0.39 is 21.3 Å². The summed E-state index contributed by atoms with van der Waals surface area (Å²) in [6, 6.07) is 16.5. The third-order valence-electron chi connectivity index (χ3n) is 7.13. The Balaban J connectivity index is 1.33. The SMILES string of the molecule is COc1ccc(C2(C(=O)Nc3cccc(-c4ccc(S(=O)(=O)N5CCC[C@@H]5C)cc4)n3)CC2)cc1F. The Kier molecular flexibility index (Phi) is 6.30. The lowest BCUT2D eigenvalue weighted by Crippen LogP contribution is -2.33. The van der Waals surface area contributed by atoms with Crippen molar-refractivity contribution in [1.29, 1.82) is 0 Å². The van der Waals surface area contributed by atoms with Gasteiger partial charge in [0.25, 0.3) is 0 Å². The number of halogens is 1. The summed E-state index contributed by atoms with van der Waals surface area (Å²) in [7, 11) is -2.13. The highest BCUT2D eigenvalue weighted by Crippen LogP contribution is 2.49. The first-order chi connectivity index (χ1) is 17.2. The number of carbonyl (C=O) groups is 1. The molecule has 0 bridgehead atoms. The number of sulfonamides is 1. The fraction of sp³-hybridized carbons (Fsp3) is 0.333. The molecule has 7 nitrogen and oxygen atoms in total. The van der Waals surface area contributed by atoms with Crippen LogP contribution < -0.4 is 10.1 Å². The van der Waals surface area contributed by atoms with Crippen molar-refractivity contribution in [1.82, 2.24) is 9.29 Å². The van der Waals surface area contributed by atoms with Gasteiger partial charge < -0.3 is 10.1 Å². The van der Waals surface area contributed by atoms with Gasteiger partial charge in [-0.2, -0.15) is 4.31 Å². The van der Waals surface area contributed by atoms with Crippen molar-refractivity contribution in [3.63, 3.8) is 0 Å². The van der Waals surface area contributed by atoms with Crippen molar-refractivity contribution in [3.05, 3.63) is 72.0 Å². The molecule has 1 saturated carbocycles. The molecule has 1 amide bonds. The average Bonchev–Trinajstić information content (AvgIpc) is 3.58. The second kappa shape index (κ2) is 9.29. The highest BCUT2D eigenvalue weighted by Gasteiger charge is 2.51. The Labute approximate surface area is 210 Å². The molecule has 36 heavy (non-hydrogen) atoms. The van der Waals surface area contributed by atoms with Crippen LogP contribution in [0.15, 0.2) is 65.6 Å². The van der Waals surface area contributed by atoms with Crippen LogP contribution in [0.4, 0.5) is 10.2 Å². The number of rotatable bonds is 7. The lowest BCUT2D eigenvalue weighted by atomic mass is 9.94. The standard InChI is InChI=1S/C27H28FN3O4S/c1-18-5-4-16-31(18)36(33,34)21-11-8-19(9-12-21)23-6-3-7-25(29-23)30-26(32)27(14-15-27)20-10-13-24(35-2)22(28)17-20/h3,6-13,17-18H,4-5,14-16H2,1-2H3,(H,29,30,32)/t18-/m0/s1. The van der Waals surface area contributed by atoms with Crippen LogP contribution in [-0.4, -0.2) is 43.3 Å². The summed E-state index contributed by atoms with van der Waals surface area (Å²) < 4.78 is 46.7. The Hall–Kier alpha value is -3.30. The Morgan fingerprint density at radius 3 is 2.50 bits per heavy atom. The second-order valence-electron chi connectivity index (χ2n) is 9.43.